The standard InChI is InChI=1S/C15H12ClNO4S/c16-12-4-1-10(2-5-12)9-22-15(17(20)21)8-11-3-6-13(18)14(19)7-11/h1-8,18-19H,9H2. The molecule has 0 aromatic heterocycles. The average Bonchev–Trinajstić information content (AvgIpc) is 2.48. The molecule has 2 N–H and O–H groups in total. The molecule has 7 heteroatoms. The Bertz CT molecular complexity index is 716. The summed E-state index contributed by atoms with van der Waals surface area (Å²) in [5, 5.41) is 30.3. The van der Waals surface area contributed by atoms with Gasteiger partial charge in [-0.2, -0.15) is 0 Å². The van der Waals surface area contributed by atoms with Gasteiger partial charge in [-0.3, -0.25) is 10.1 Å². The molecule has 0 saturated heterocycles. The van der Waals surface area contributed by atoms with Crippen molar-refractivity contribution in [1.82, 2.24) is 0 Å². The number of hydrogen-bond acceptors (Lipinski definition) is 5. The molecule has 0 aliphatic heterocycles. The van der Waals surface area contributed by atoms with E-state index in [4.69, 9.17) is 11.6 Å². The third-order valence-electron chi connectivity index (χ3n) is 2.77. The number of benzene rings is 2. The summed E-state index contributed by atoms with van der Waals surface area (Å²) in [7, 11) is 0. The lowest BCUT2D eigenvalue weighted by Crippen LogP contribution is -1.95. The zero-order valence-electron chi connectivity index (χ0n) is 11.3. The minimum atomic E-state index is -0.482. The summed E-state index contributed by atoms with van der Waals surface area (Å²) in [5.41, 5.74) is 1.35. The van der Waals surface area contributed by atoms with E-state index in [0.29, 0.717) is 16.3 Å². The highest BCUT2D eigenvalue weighted by molar-refractivity contribution is 8.02. The van der Waals surface area contributed by atoms with Gasteiger partial charge < -0.3 is 10.2 Å². The summed E-state index contributed by atoms with van der Waals surface area (Å²) >= 11 is 6.86. The Kier molecular flexibility index (Phi) is 5.30. The van der Waals surface area contributed by atoms with Crippen molar-refractivity contribution in [2.24, 2.45) is 0 Å². The van der Waals surface area contributed by atoms with Gasteiger partial charge in [-0.15, -0.1) is 0 Å². The van der Waals surface area contributed by atoms with Crippen molar-refractivity contribution in [2.75, 3.05) is 0 Å². The summed E-state index contributed by atoms with van der Waals surface area (Å²) < 4.78 is 0. The molecule has 0 aliphatic rings. The van der Waals surface area contributed by atoms with Gasteiger partial charge in [-0.25, -0.2) is 0 Å². The van der Waals surface area contributed by atoms with E-state index in [2.05, 4.69) is 0 Å². The summed E-state index contributed by atoms with van der Waals surface area (Å²) in [6.07, 6.45) is 1.35. The molecule has 0 heterocycles. The molecule has 0 spiro atoms. The molecule has 0 fully saturated rings. The van der Waals surface area contributed by atoms with E-state index in [9.17, 15) is 20.3 Å². The molecule has 2 aromatic rings. The van der Waals surface area contributed by atoms with Crippen LogP contribution >= 0.6 is 23.4 Å². The number of nitrogens with zero attached hydrogens (tertiary/aromatic N) is 1. The molecular formula is C15H12ClNO4S. The third-order valence-corrected chi connectivity index (χ3v) is 4.06. The van der Waals surface area contributed by atoms with Gasteiger partial charge in [-0.1, -0.05) is 29.8 Å². The third kappa shape index (κ3) is 4.41. The number of hydrogen-bond donors (Lipinski definition) is 2. The van der Waals surface area contributed by atoms with Gasteiger partial charge in [0.1, 0.15) is 0 Å². The normalized spacial score (nSPS) is 11.4. The van der Waals surface area contributed by atoms with Crippen molar-refractivity contribution >= 4 is 29.4 Å². The van der Waals surface area contributed by atoms with Crippen LogP contribution in [0.5, 0.6) is 11.5 Å². The number of aromatic hydroxyl groups is 2. The first-order valence-electron chi connectivity index (χ1n) is 6.21. The maximum Gasteiger partial charge on any atom is 0.304 e. The van der Waals surface area contributed by atoms with Gasteiger partial charge in [0, 0.05) is 16.9 Å². The Morgan fingerprint density at radius 3 is 2.45 bits per heavy atom. The minimum absolute atomic E-state index is 0.0555. The maximum absolute atomic E-state index is 11.1. The molecule has 0 amide bonds. The van der Waals surface area contributed by atoms with E-state index < -0.39 is 4.92 Å². The number of phenolic OH excluding ortho intramolecular Hbond substituents is 2. The van der Waals surface area contributed by atoms with Crippen molar-refractivity contribution in [3.63, 3.8) is 0 Å². The molecule has 0 saturated carbocycles. The van der Waals surface area contributed by atoms with Gasteiger partial charge in [0.2, 0.25) is 0 Å². The zero-order valence-corrected chi connectivity index (χ0v) is 12.8. The van der Waals surface area contributed by atoms with Gasteiger partial charge >= 0.3 is 5.03 Å². The molecule has 0 bridgehead atoms. The first-order chi connectivity index (χ1) is 10.5. The topological polar surface area (TPSA) is 83.6 Å². The number of rotatable bonds is 5. The lowest BCUT2D eigenvalue weighted by Gasteiger charge is -2.02. The van der Waals surface area contributed by atoms with E-state index in [1.165, 1.54) is 24.3 Å². The van der Waals surface area contributed by atoms with E-state index in [-0.39, 0.29) is 16.5 Å². The molecule has 0 aliphatic carbocycles. The summed E-state index contributed by atoms with van der Waals surface area (Å²) in [6, 6.07) is 11.1. The first kappa shape index (κ1) is 16.2. The van der Waals surface area contributed by atoms with Crippen LogP contribution in [-0.2, 0) is 5.75 Å². The molecule has 2 rings (SSSR count). The predicted molar refractivity (Wildman–Crippen MR) is 87.5 cm³/mol. The Labute approximate surface area is 136 Å². The smallest absolute Gasteiger partial charge is 0.304 e. The van der Waals surface area contributed by atoms with Gasteiger partial charge in [0.05, 0.1) is 4.92 Å². The highest BCUT2D eigenvalue weighted by Crippen LogP contribution is 2.29. The molecule has 22 heavy (non-hydrogen) atoms. The number of nitro groups is 1. The zero-order chi connectivity index (χ0) is 16.1. The Morgan fingerprint density at radius 1 is 1.18 bits per heavy atom. The highest BCUT2D eigenvalue weighted by atomic mass is 35.5. The molecule has 2 aromatic carbocycles. The second-order valence-corrected chi connectivity index (χ2v) is 5.84. The number of phenols is 2. The molecule has 0 atom stereocenters. The van der Waals surface area contributed by atoms with E-state index in [0.717, 1.165) is 17.3 Å². The van der Waals surface area contributed by atoms with Crippen molar-refractivity contribution in [3.8, 4) is 11.5 Å². The summed E-state index contributed by atoms with van der Waals surface area (Å²) in [6.45, 7) is 0. The van der Waals surface area contributed by atoms with Gasteiger partial charge in [-0.05, 0) is 47.2 Å². The van der Waals surface area contributed by atoms with Crippen molar-refractivity contribution in [1.29, 1.82) is 0 Å². The largest absolute Gasteiger partial charge is 0.504 e. The highest BCUT2D eigenvalue weighted by Gasteiger charge is 2.13. The van der Waals surface area contributed by atoms with Crippen LogP contribution in [-0.4, -0.2) is 15.1 Å². The quantitative estimate of drug-likeness (QED) is 0.484. The molecular weight excluding hydrogens is 326 g/mol. The summed E-state index contributed by atoms with van der Waals surface area (Å²) in [5.74, 6) is -0.165. The lowest BCUT2D eigenvalue weighted by atomic mass is 10.2. The average molecular weight is 338 g/mol. The van der Waals surface area contributed by atoms with Crippen LogP contribution in [0.25, 0.3) is 6.08 Å². The number of thioether (sulfide) groups is 1. The predicted octanol–water partition coefficient (Wildman–Crippen LogP) is 4.26. The van der Waals surface area contributed by atoms with Crippen LogP contribution in [0.1, 0.15) is 11.1 Å². The SMILES string of the molecule is O=[N+]([O-])C(=Cc1ccc(O)c(O)c1)SCc1ccc(Cl)cc1. The molecule has 114 valence electrons. The van der Waals surface area contributed by atoms with E-state index in [1.54, 1.807) is 24.3 Å². The minimum Gasteiger partial charge on any atom is -0.504 e. The van der Waals surface area contributed by atoms with Crippen LogP contribution in [0.3, 0.4) is 0 Å². The number of halogens is 1. The fraction of sp³-hybridized carbons (Fsp3) is 0.0667. The van der Waals surface area contributed by atoms with Gasteiger partial charge in [0.15, 0.2) is 11.5 Å². The first-order valence-corrected chi connectivity index (χ1v) is 7.57. The van der Waals surface area contributed by atoms with Crippen molar-refractivity contribution in [3.05, 3.63) is 73.8 Å². The second-order valence-electron chi connectivity index (χ2n) is 4.40. The van der Waals surface area contributed by atoms with Crippen LogP contribution < -0.4 is 0 Å². The molecule has 0 radical (unpaired) electrons. The van der Waals surface area contributed by atoms with Gasteiger partial charge in [0.25, 0.3) is 0 Å². The van der Waals surface area contributed by atoms with Crippen LogP contribution in [0.4, 0.5) is 0 Å². The summed E-state index contributed by atoms with van der Waals surface area (Å²) in [4.78, 5) is 10.6. The van der Waals surface area contributed by atoms with Crippen molar-refractivity contribution in [2.45, 2.75) is 5.75 Å². The Morgan fingerprint density at radius 2 is 1.86 bits per heavy atom. The van der Waals surface area contributed by atoms with Crippen LogP contribution in [0, 0.1) is 10.1 Å². The Hall–Kier alpha value is -2.18. The monoisotopic (exact) mass is 337 g/mol. The lowest BCUT2D eigenvalue weighted by molar-refractivity contribution is -0.408. The fourth-order valence-electron chi connectivity index (χ4n) is 1.66. The van der Waals surface area contributed by atoms with Crippen LogP contribution in [0.2, 0.25) is 5.02 Å². The fourth-order valence-corrected chi connectivity index (χ4v) is 2.62. The maximum atomic E-state index is 11.1. The Balaban J connectivity index is 2.15. The van der Waals surface area contributed by atoms with Crippen LogP contribution in [0.15, 0.2) is 47.5 Å². The van der Waals surface area contributed by atoms with E-state index >= 15 is 0 Å². The second kappa shape index (κ2) is 7.20. The van der Waals surface area contributed by atoms with E-state index in [1.807, 2.05) is 0 Å². The molecule has 0 unspecified atom stereocenters. The van der Waals surface area contributed by atoms with Crippen molar-refractivity contribution < 1.29 is 15.1 Å². The molecule has 5 nitrogen and oxygen atoms in total.